The standard InChI is InChI=1S/C13H9Br2Cl2N/c14-9-4-5-10(16)8(6-9)7-18-12-3-1-2-11(17)13(12)15/h1-6,18H,7H2. The lowest BCUT2D eigenvalue weighted by Gasteiger charge is -2.11. The molecule has 1 N–H and O–H groups in total. The lowest BCUT2D eigenvalue weighted by Crippen LogP contribution is -2.00. The number of hydrogen-bond acceptors (Lipinski definition) is 1. The first-order chi connectivity index (χ1) is 8.58. The minimum Gasteiger partial charge on any atom is -0.380 e. The van der Waals surface area contributed by atoms with E-state index in [4.69, 9.17) is 23.2 Å². The van der Waals surface area contributed by atoms with Gasteiger partial charge in [0.05, 0.1) is 15.2 Å². The summed E-state index contributed by atoms with van der Waals surface area (Å²) in [6.07, 6.45) is 0. The molecule has 0 aliphatic heterocycles. The highest BCUT2D eigenvalue weighted by Crippen LogP contribution is 2.31. The van der Waals surface area contributed by atoms with Crippen LogP contribution in [0.5, 0.6) is 0 Å². The van der Waals surface area contributed by atoms with Crippen LogP contribution in [-0.4, -0.2) is 0 Å². The molecule has 0 aliphatic carbocycles. The quantitative estimate of drug-likeness (QED) is 0.642. The number of hydrogen-bond donors (Lipinski definition) is 1. The minimum absolute atomic E-state index is 0.636. The molecule has 0 saturated carbocycles. The molecular weight excluding hydrogens is 401 g/mol. The molecular formula is C13H9Br2Cl2N. The van der Waals surface area contributed by atoms with E-state index < -0.39 is 0 Å². The second kappa shape index (κ2) is 6.29. The van der Waals surface area contributed by atoms with E-state index in [9.17, 15) is 0 Å². The SMILES string of the molecule is Clc1ccc(Br)cc1CNc1cccc(Cl)c1Br. The van der Waals surface area contributed by atoms with Gasteiger partial charge in [0.1, 0.15) is 0 Å². The fourth-order valence-electron chi connectivity index (χ4n) is 1.51. The number of anilines is 1. The summed E-state index contributed by atoms with van der Waals surface area (Å²) >= 11 is 19.0. The Hall–Kier alpha value is -0.220. The Morgan fingerprint density at radius 1 is 1.00 bits per heavy atom. The molecule has 0 spiro atoms. The van der Waals surface area contributed by atoms with Crippen LogP contribution in [-0.2, 0) is 6.54 Å². The summed E-state index contributed by atoms with van der Waals surface area (Å²) in [5.41, 5.74) is 1.97. The van der Waals surface area contributed by atoms with E-state index in [0.29, 0.717) is 11.6 Å². The van der Waals surface area contributed by atoms with E-state index in [-0.39, 0.29) is 0 Å². The summed E-state index contributed by atoms with van der Waals surface area (Å²) in [6.45, 7) is 0.636. The van der Waals surface area contributed by atoms with Gasteiger partial charge in [-0.05, 0) is 51.8 Å². The number of rotatable bonds is 3. The first kappa shape index (κ1) is 14.2. The zero-order valence-electron chi connectivity index (χ0n) is 9.18. The van der Waals surface area contributed by atoms with Crippen LogP contribution in [0, 0.1) is 0 Å². The van der Waals surface area contributed by atoms with E-state index in [0.717, 1.165) is 25.2 Å². The van der Waals surface area contributed by atoms with Crippen molar-refractivity contribution in [2.75, 3.05) is 5.32 Å². The molecule has 18 heavy (non-hydrogen) atoms. The van der Waals surface area contributed by atoms with Gasteiger partial charge in [-0.3, -0.25) is 0 Å². The van der Waals surface area contributed by atoms with Gasteiger partial charge in [0.2, 0.25) is 0 Å². The van der Waals surface area contributed by atoms with E-state index >= 15 is 0 Å². The highest BCUT2D eigenvalue weighted by atomic mass is 79.9. The zero-order valence-corrected chi connectivity index (χ0v) is 13.9. The largest absolute Gasteiger partial charge is 0.380 e. The van der Waals surface area contributed by atoms with Gasteiger partial charge in [-0.25, -0.2) is 0 Å². The molecule has 1 nitrogen and oxygen atoms in total. The van der Waals surface area contributed by atoms with Gasteiger partial charge in [-0.15, -0.1) is 0 Å². The van der Waals surface area contributed by atoms with Crippen molar-refractivity contribution < 1.29 is 0 Å². The van der Waals surface area contributed by atoms with Crippen LogP contribution < -0.4 is 5.32 Å². The third-order valence-electron chi connectivity index (χ3n) is 2.43. The van der Waals surface area contributed by atoms with Gasteiger partial charge >= 0.3 is 0 Å². The molecule has 0 radical (unpaired) electrons. The Bertz CT molecular complexity index is 571. The lowest BCUT2D eigenvalue weighted by molar-refractivity contribution is 1.14. The fraction of sp³-hybridized carbons (Fsp3) is 0.0769. The molecule has 94 valence electrons. The molecule has 0 aliphatic rings. The fourth-order valence-corrected chi connectivity index (χ4v) is 2.68. The predicted octanol–water partition coefficient (Wildman–Crippen LogP) is 6.13. The molecule has 0 heterocycles. The van der Waals surface area contributed by atoms with Crippen LogP contribution in [0.25, 0.3) is 0 Å². The molecule has 0 unspecified atom stereocenters. The monoisotopic (exact) mass is 407 g/mol. The maximum Gasteiger partial charge on any atom is 0.0593 e. The first-order valence-electron chi connectivity index (χ1n) is 5.20. The first-order valence-corrected chi connectivity index (χ1v) is 7.54. The molecule has 0 saturated heterocycles. The molecule has 0 aromatic heterocycles. The van der Waals surface area contributed by atoms with Crippen molar-refractivity contribution in [3.8, 4) is 0 Å². The van der Waals surface area contributed by atoms with Crippen molar-refractivity contribution in [3.63, 3.8) is 0 Å². The minimum atomic E-state index is 0.636. The third kappa shape index (κ3) is 3.41. The Morgan fingerprint density at radius 2 is 1.78 bits per heavy atom. The summed E-state index contributed by atoms with van der Waals surface area (Å²) in [7, 11) is 0. The number of benzene rings is 2. The topological polar surface area (TPSA) is 12.0 Å². The number of halogens is 4. The highest BCUT2D eigenvalue weighted by molar-refractivity contribution is 9.11. The van der Waals surface area contributed by atoms with Crippen molar-refractivity contribution in [3.05, 3.63) is 61.0 Å². The lowest BCUT2D eigenvalue weighted by atomic mass is 10.2. The van der Waals surface area contributed by atoms with E-state index in [1.165, 1.54) is 0 Å². The molecule has 2 aromatic rings. The van der Waals surface area contributed by atoms with Crippen molar-refractivity contribution in [1.82, 2.24) is 0 Å². The van der Waals surface area contributed by atoms with E-state index in [1.54, 1.807) is 0 Å². The van der Waals surface area contributed by atoms with Gasteiger partial charge in [0, 0.05) is 16.0 Å². The summed E-state index contributed by atoms with van der Waals surface area (Å²) in [6, 6.07) is 11.5. The third-order valence-corrected chi connectivity index (χ3v) is 4.69. The van der Waals surface area contributed by atoms with Crippen molar-refractivity contribution in [2.45, 2.75) is 6.54 Å². The average Bonchev–Trinajstić information content (AvgIpc) is 2.35. The van der Waals surface area contributed by atoms with Crippen LogP contribution in [0.2, 0.25) is 10.0 Å². The van der Waals surface area contributed by atoms with Gasteiger partial charge in [0.25, 0.3) is 0 Å². The van der Waals surface area contributed by atoms with Crippen molar-refractivity contribution >= 4 is 60.7 Å². The normalized spacial score (nSPS) is 10.4. The maximum absolute atomic E-state index is 6.13. The smallest absolute Gasteiger partial charge is 0.0593 e. The van der Waals surface area contributed by atoms with Crippen molar-refractivity contribution in [1.29, 1.82) is 0 Å². The Kier molecular flexibility index (Phi) is 4.96. The molecule has 5 heteroatoms. The predicted molar refractivity (Wildman–Crippen MR) is 85.6 cm³/mol. The number of nitrogens with one attached hydrogen (secondary N) is 1. The molecule has 0 amide bonds. The van der Waals surface area contributed by atoms with Crippen LogP contribution in [0.1, 0.15) is 5.56 Å². The summed E-state index contributed by atoms with van der Waals surface area (Å²) in [4.78, 5) is 0. The Balaban J connectivity index is 2.16. The molecule has 0 fully saturated rings. The molecule has 2 rings (SSSR count). The summed E-state index contributed by atoms with van der Waals surface area (Å²) in [5, 5.41) is 4.72. The average molecular weight is 410 g/mol. The van der Waals surface area contributed by atoms with Gasteiger partial charge in [0.15, 0.2) is 0 Å². The summed E-state index contributed by atoms with van der Waals surface area (Å²) < 4.78 is 1.87. The van der Waals surface area contributed by atoms with Crippen LogP contribution >= 0.6 is 55.1 Å². The summed E-state index contributed by atoms with van der Waals surface area (Å²) in [5.74, 6) is 0. The Morgan fingerprint density at radius 3 is 2.56 bits per heavy atom. The van der Waals surface area contributed by atoms with Crippen LogP contribution in [0.4, 0.5) is 5.69 Å². The van der Waals surface area contributed by atoms with Gasteiger partial charge in [-0.2, -0.15) is 0 Å². The van der Waals surface area contributed by atoms with Crippen LogP contribution in [0.15, 0.2) is 45.3 Å². The molecule has 2 aromatic carbocycles. The van der Waals surface area contributed by atoms with E-state index in [2.05, 4.69) is 37.2 Å². The molecule has 0 bridgehead atoms. The second-order valence-corrected chi connectivity index (χ2v) is 6.21. The highest BCUT2D eigenvalue weighted by Gasteiger charge is 2.05. The van der Waals surface area contributed by atoms with Crippen molar-refractivity contribution in [2.24, 2.45) is 0 Å². The van der Waals surface area contributed by atoms with Gasteiger partial charge in [-0.1, -0.05) is 45.2 Å². The Labute approximate surface area is 133 Å². The van der Waals surface area contributed by atoms with Gasteiger partial charge < -0.3 is 5.32 Å². The maximum atomic E-state index is 6.13. The van der Waals surface area contributed by atoms with E-state index in [1.807, 2.05) is 36.4 Å². The zero-order chi connectivity index (χ0) is 13.1. The second-order valence-electron chi connectivity index (χ2n) is 3.69. The van der Waals surface area contributed by atoms with Crippen LogP contribution in [0.3, 0.4) is 0 Å². The molecule has 0 atom stereocenters.